The average molecular weight is 259 g/mol. The van der Waals surface area contributed by atoms with Crippen molar-refractivity contribution in [3.8, 4) is 0 Å². The third kappa shape index (κ3) is 3.45. The molecule has 4 heteroatoms. The van der Waals surface area contributed by atoms with Gasteiger partial charge in [-0.25, -0.2) is 4.79 Å². The van der Waals surface area contributed by atoms with Crippen molar-refractivity contribution in [1.29, 1.82) is 0 Å². The summed E-state index contributed by atoms with van der Waals surface area (Å²) in [6, 6.07) is 12.8. The molecular weight excluding hydrogens is 242 g/mol. The van der Waals surface area contributed by atoms with Gasteiger partial charge in [0, 0.05) is 0 Å². The van der Waals surface area contributed by atoms with Crippen LogP contribution in [-0.2, 0) is 16.1 Å². The lowest BCUT2D eigenvalue weighted by molar-refractivity contribution is -0.143. The van der Waals surface area contributed by atoms with Crippen LogP contribution >= 0.6 is 0 Å². The molecule has 2 rings (SSSR count). The van der Waals surface area contributed by atoms with E-state index in [0.29, 0.717) is 6.54 Å². The number of furan rings is 1. The van der Waals surface area contributed by atoms with E-state index < -0.39 is 6.04 Å². The van der Waals surface area contributed by atoms with Crippen LogP contribution in [-0.4, -0.2) is 13.1 Å². The number of ether oxygens (including phenoxy) is 1. The van der Waals surface area contributed by atoms with Crippen molar-refractivity contribution < 1.29 is 13.9 Å². The number of rotatable bonds is 5. The number of hydrogen-bond donors (Lipinski definition) is 1. The summed E-state index contributed by atoms with van der Waals surface area (Å²) in [6.07, 6.45) is 0. The molecule has 0 bridgehead atoms. The van der Waals surface area contributed by atoms with Gasteiger partial charge in [0.25, 0.3) is 0 Å². The molecule has 0 saturated carbocycles. The summed E-state index contributed by atoms with van der Waals surface area (Å²) >= 11 is 0. The van der Waals surface area contributed by atoms with Crippen LogP contribution in [0.1, 0.15) is 23.1 Å². The Morgan fingerprint density at radius 2 is 2.00 bits per heavy atom. The Bertz CT molecular complexity index is 533. The molecule has 1 aromatic carbocycles. The van der Waals surface area contributed by atoms with E-state index in [1.165, 1.54) is 7.11 Å². The SMILES string of the molecule is COC(=O)C(NCc1ccc(C)o1)c1ccccc1. The third-order valence-electron chi connectivity index (χ3n) is 2.85. The van der Waals surface area contributed by atoms with Gasteiger partial charge in [-0.1, -0.05) is 30.3 Å². The third-order valence-corrected chi connectivity index (χ3v) is 2.85. The molecule has 1 unspecified atom stereocenters. The maximum Gasteiger partial charge on any atom is 0.327 e. The van der Waals surface area contributed by atoms with Crippen LogP contribution in [0.2, 0.25) is 0 Å². The molecule has 0 aliphatic carbocycles. The van der Waals surface area contributed by atoms with Crippen molar-refractivity contribution in [3.05, 3.63) is 59.5 Å². The summed E-state index contributed by atoms with van der Waals surface area (Å²) in [7, 11) is 1.39. The minimum Gasteiger partial charge on any atom is -0.468 e. The predicted octanol–water partition coefficient (Wildman–Crippen LogP) is 2.59. The number of esters is 1. The largest absolute Gasteiger partial charge is 0.468 e. The first-order valence-electron chi connectivity index (χ1n) is 6.12. The number of hydrogen-bond acceptors (Lipinski definition) is 4. The second-order valence-electron chi connectivity index (χ2n) is 4.26. The molecule has 0 aliphatic rings. The van der Waals surface area contributed by atoms with E-state index >= 15 is 0 Å². The number of aryl methyl sites for hydroxylation is 1. The molecule has 19 heavy (non-hydrogen) atoms. The summed E-state index contributed by atoms with van der Waals surface area (Å²) in [6.45, 7) is 2.36. The van der Waals surface area contributed by atoms with Gasteiger partial charge in [0.1, 0.15) is 17.6 Å². The van der Waals surface area contributed by atoms with Crippen molar-refractivity contribution in [2.75, 3.05) is 7.11 Å². The van der Waals surface area contributed by atoms with Gasteiger partial charge in [-0.05, 0) is 24.6 Å². The van der Waals surface area contributed by atoms with Crippen molar-refractivity contribution >= 4 is 5.97 Å². The standard InChI is InChI=1S/C15H17NO3/c1-11-8-9-13(19-11)10-16-14(15(17)18-2)12-6-4-3-5-7-12/h3-9,14,16H,10H2,1-2H3. The van der Waals surface area contributed by atoms with Gasteiger partial charge in [0.15, 0.2) is 0 Å². The van der Waals surface area contributed by atoms with Gasteiger partial charge < -0.3 is 9.15 Å². The number of benzene rings is 1. The normalized spacial score (nSPS) is 12.1. The van der Waals surface area contributed by atoms with E-state index in [1.54, 1.807) is 0 Å². The Hall–Kier alpha value is -2.07. The molecule has 1 N–H and O–H groups in total. The highest BCUT2D eigenvalue weighted by Gasteiger charge is 2.20. The van der Waals surface area contributed by atoms with Gasteiger partial charge in [-0.15, -0.1) is 0 Å². The van der Waals surface area contributed by atoms with E-state index in [-0.39, 0.29) is 5.97 Å². The Morgan fingerprint density at radius 3 is 2.58 bits per heavy atom. The second-order valence-corrected chi connectivity index (χ2v) is 4.26. The Kier molecular flexibility index (Phi) is 4.36. The van der Waals surface area contributed by atoms with Crippen LogP contribution in [0.25, 0.3) is 0 Å². The van der Waals surface area contributed by atoms with E-state index in [1.807, 2.05) is 49.4 Å². The first-order chi connectivity index (χ1) is 9.20. The number of nitrogens with one attached hydrogen (secondary N) is 1. The van der Waals surface area contributed by atoms with Crippen LogP contribution < -0.4 is 5.32 Å². The lowest BCUT2D eigenvalue weighted by Gasteiger charge is -2.16. The lowest BCUT2D eigenvalue weighted by atomic mass is 10.1. The van der Waals surface area contributed by atoms with E-state index in [9.17, 15) is 4.79 Å². The van der Waals surface area contributed by atoms with Gasteiger partial charge in [0.05, 0.1) is 13.7 Å². The van der Waals surface area contributed by atoms with Crippen LogP contribution in [0.5, 0.6) is 0 Å². The quantitative estimate of drug-likeness (QED) is 0.838. The molecule has 0 saturated heterocycles. The molecule has 0 amide bonds. The van der Waals surface area contributed by atoms with Crippen LogP contribution in [0.4, 0.5) is 0 Å². The van der Waals surface area contributed by atoms with Crippen molar-refractivity contribution in [1.82, 2.24) is 5.32 Å². The summed E-state index contributed by atoms with van der Waals surface area (Å²) in [5.41, 5.74) is 0.873. The summed E-state index contributed by atoms with van der Waals surface area (Å²) < 4.78 is 10.3. The zero-order valence-electron chi connectivity index (χ0n) is 11.1. The van der Waals surface area contributed by atoms with Crippen molar-refractivity contribution in [2.24, 2.45) is 0 Å². The monoisotopic (exact) mass is 259 g/mol. The Balaban J connectivity index is 2.09. The van der Waals surface area contributed by atoms with E-state index in [0.717, 1.165) is 17.1 Å². The fraction of sp³-hybridized carbons (Fsp3) is 0.267. The molecule has 0 fully saturated rings. The summed E-state index contributed by atoms with van der Waals surface area (Å²) in [5, 5.41) is 3.15. The minimum atomic E-state index is -0.489. The first-order valence-corrected chi connectivity index (χ1v) is 6.12. The molecule has 1 atom stereocenters. The summed E-state index contributed by atoms with van der Waals surface area (Å²) in [5.74, 6) is 1.34. The maximum atomic E-state index is 11.8. The predicted molar refractivity (Wildman–Crippen MR) is 71.5 cm³/mol. The highest BCUT2D eigenvalue weighted by atomic mass is 16.5. The molecule has 0 radical (unpaired) electrons. The highest BCUT2D eigenvalue weighted by Crippen LogP contribution is 2.15. The molecule has 2 aromatic rings. The topological polar surface area (TPSA) is 51.5 Å². The fourth-order valence-electron chi connectivity index (χ4n) is 1.88. The van der Waals surface area contributed by atoms with Gasteiger partial charge >= 0.3 is 5.97 Å². The van der Waals surface area contributed by atoms with E-state index in [4.69, 9.17) is 9.15 Å². The summed E-state index contributed by atoms with van der Waals surface area (Å²) in [4.78, 5) is 11.8. The molecule has 4 nitrogen and oxygen atoms in total. The van der Waals surface area contributed by atoms with Crippen molar-refractivity contribution in [3.63, 3.8) is 0 Å². The molecule has 1 aromatic heterocycles. The first kappa shape index (κ1) is 13.4. The second kappa shape index (κ2) is 6.20. The molecule has 0 spiro atoms. The Morgan fingerprint density at radius 1 is 1.26 bits per heavy atom. The van der Waals surface area contributed by atoms with Gasteiger partial charge in [-0.3, -0.25) is 5.32 Å². The molecule has 0 aliphatic heterocycles. The number of methoxy groups -OCH3 is 1. The zero-order chi connectivity index (χ0) is 13.7. The molecular formula is C15H17NO3. The van der Waals surface area contributed by atoms with Crippen LogP contribution in [0.15, 0.2) is 46.9 Å². The highest BCUT2D eigenvalue weighted by molar-refractivity contribution is 5.77. The van der Waals surface area contributed by atoms with Crippen molar-refractivity contribution in [2.45, 2.75) is 19.5 Å². The fourth-order valence-corrected chi connectivity index (χ4v) is 1.88. The van der Waals surface area contributed by atoms with Gasteiger partial charge in [-0.2, -0.15) is 0 Å². The Labute approximate surface area is 112 Å². The zero-order valence-corrected chi connectivity index (χ0v) is 11.1. The molecule has 100 valence electrons. The smallest absolute Gasteiger partial charge is 0.327 e. The van der Waals surface area contributed by atoms with Crippen LogP contribution in [0.3, 0.4) is 0 Å². The molecule has 1 heterocycles. The minimum absolute atomic E-state index is 0.311. The maximum absolute atomic E-state index is 11.8. The van der Waals surface area contributed by atoms with E-state index in [2.05, 4.69) is 5.32 Å². The number of carbonyl (C=O) groups excluding carboxylic acids is 1. The van der Waals surface area contributed by atoms with Gasteiger partial charge in [0.2, 0.25) is 0 Å². The van der Waals surface area contributed by atoms with Crippen LogP contribution in [0, 0.1) is 6.92 Å². The number of carbonyl (C=O) groups is 1. The lowest BCUT2D eigenvalue weighted by Crippen LogP contribution is -2.29. The average Bonchev–Trinajstić information content (AvgIpc) is 2.85.